The lowest BCUT2D eigenvalue weighted by Gasteiger charge is -2.09. The zero-order valence-electron chi connectivity index (χ0n) is 7.69. The smallest absolute Gasteiger partial charge is 0.339 e. The summed E-state index contributed by atoms with van der Waals surface area (Å²) in [7, 11) is 0. The number of carboxylic acid groups (broad SMARTS) is 1. The Bertz CT molecular complexity index is 317. The van der Waals surface area contributed by atoms with E-state index in [1.165, 1.54) is 6.20 Å². The van der Waals surface area contributed by atoms with E-state index >= 15 is 0 Å². The molecule has 0 atom stereocenters. The molecule has 0 aliphatic rings. The minimum Gasteiger partial charge on any atom is -0.478 e. The standard InChI is InChI=1S/C8H13N3O2/c1-5(2)11-7(3-9)6(4-10-11)8(12)13/h4-5H,3,9H2,1-2H3,(H,12,13). The second kappa shape index (κ2) is 3.57. The van der Waals surface area contributed by atoms with E-state index in [1.807, 2.05) is 13.8 Å². The first kappa shape index (κ1) is 9.73. The maximum atomic E-state index is 10.7. The molecular weight excluding hydrogens is 170 g/mol. The van der Waals surface area contributed by atoms with Crippen molar-refractivity contribution < 1.29 is 9.90 Å². The van der Waals surface area contributed by atoms with Gasteiger partial charge in [0.05, 0.1) is 11.9 Å². The van der Waals surface area contributed by atoms with Crippen LogP contribution in [0.2, 0.25) is 0 Å². The van der Waals surface area contributed by atoms with Gasteiger partial charge in [-0.1, -0.05) is 0 Å². The molecule has 3 N–H and O–H groups in total. The summed E-state index contributed by atoms with van der Waals surface area (Å²) in [5, 5.41) is 12.7. The van der Waals surface area contributed by atoms with Crippen LogP contribution in [0.25, 0.3) is 0 Å². The third-order valence-corrected chi connectivity index (χ3v) is 1.81. The average Bonchev–Trinajstić information content (AvgIpc) is 2.46. The van der Waals surface area contributed by atoms with Crippen molar-refractivity contribution in [3.05, 3.63) is 17.5 Å². The fourth-order valence-corrected chi connectivity index (χ4v) is 1.21. The summed E-state index contributed by atoms with van der Waals surface area (Å²) >= 11 is 0. The lowest BCUT2D eigenvalue weighted by atomic mass is 10.2. The molecule has 0 aromatic carbocycles. The molecule has 72 valence electrons. The molecule has 5 nitrogen and oxygen atoms in total. The Morgan fingerprint density at radius 3 is 2.77 bits per heavy atom. The van der Waals surface area contributed by atoms with E-state index < -0.39 is 5.97 Å². The third-order valence-electron chi connectivity index (χ3n) is 1.81. The topological polar surface area (TPSA) is 81.1 Å². The lowest BCUT2D eigenvalue weighted by Crippen LogP contribution is -2.13. The molecule has 0 saturated heterocycles. The SMILES string of the molecule is CC(C)n1ncc(C(=O)O)c1CN. The maximum absolute atomic E-state index is 10.7. The molecule has 0 spiro atoms. The molecule has 0 bridgehead atoms. The number of carbonyl (C=O) groups is 1. The molecule has 1 aromatic rings. The fourth-order valence-electron chi connectivity index (χ4n) is 1.21. The molecule has 1 aromatic heterocycles. The summed E-state index contributed by atoms with van der Waals surface area (Å²) in [4.78, 5) is 10.7. The number of aromatic carboxylic acids is 1. The second-order valence-electron chi connectivity index (χ2n) is 3.05. The molecule has 0 saturated carbocycles. The zero-order valence-corrected chi connectivity index (χ0v) is 7.69. The van der Waals surface area contributed by atoms with Crippen molar-refractivity contribution in [2.75, 3.05) is 0 Å². The van der Waals surface area contributed by atoms with Gasteiger partial charge in [-0.2, -0.15) is 5.10 Å². The Morgan fingerprint density at radius 2 is 2.38 bits per heavy atom. The number of hydrogen-bond acceptors (Lipinski definition) is 3. The van der Waals surface area contributed by atoms with Gasteiger partial charge in [0.25, 0.3) is 0 Å². The van der Waals surface area contributed by atoms with E-state index in [9.17, 15) is 4.79 Å². The van der Waals surface area contributed by atoms with Crippen LogP contribution in [-0.4, -0.2) is 20.9 Å². The molecule has 0 aliphatic heterocycles. The van der Waals surface area contributed by atoms with E-state index in [2.05, 4.69) is 5.10 Å². The Balaban J connectivity index is 3.18. The number of nitrogens with two attached hydrogens (primary N) is 1. The first-order valence-corrected chi connectivity index (χ1v) is 4.07. The number of rotatable bonds is 3. The summed E-state index contributed by atoms with van der Waals surface area (Å²) in [6.07, 6.45) is 1.34. The molecule has 13 heavy (non-hydrogen) atoms. The summed E-state index contributed by atoms with van der Waals surface area (Å²) in [5.41, 5.74) is 6.21. The van der Waals surface area contributed by atoms with Crippen molar-refractivity contribution in [2.45, 2.75) is 26.4 Å². The normalized spacial score (nSPS) is 10.8. The molecule has 0 fully saturated rings. The summed E-state index contributed by atoms with van der Waals surface area (Å²) in [6, 6.07) is 0.131. The van der Waals surface area contributed by atoms with Gasteiger partial charge in [-0.15, -0.1) is 0 Å². The van der Waals surface area contributed by atoms with Crippen molar-refractivity contribution in [3.63, 3.8) is 0 Å². The van der Waals surface area contributed by atoms with Gasteiger partial charge in [0, 0.05) is 12.6 Å². The van der Waals surface area contributed by atoms with Crippen LogP contribution in [0.4, 0.5) is 0 Å². The molecule has 5 heteroatoms. The first-order chi connectivity index (χ1) is 6.07. The molecule has 1 rings (SSSR count). The highest BCUT2D eigenvalue weighted by Gasteiger charge is 2.16. The fraction of sp³-hybridized carbons (Fsp3) is 0.500. The van der Waals surface area contributed by atoms with Crippen LogP contribution < -0.4 is 5.73 Å². The average molecular weight is 183 g/mol. The highest BCUT2D eigenvalue weighted by molar-refractivity contribution is 5.88. The van der Waals surface area contributed by atoms with Crippen LogP contribution in [0.5, 0.6) is 0 Å². The second-order valence-corrected chi connectivity index (χ2v) is 3.05. The summed E-state index contributed by atoms with van der Waals surface area (Å²) in [5.74, 6) is -0.979. The number of nitrogens with zero attached hydrogens (tertiary/aromatic N) is 2. The minimum atomic E-state index is -0.979. The van der Waals surface area contributed by atoms with Gasteiger partial charge in [-0.3, -0.25) is 4.68 Å². The van der Waals surface area contributed by atoms with E-state index in [0.717, 1.165) is 0 Å². The number of aromatic nitrogens is 2. The quantitative estimate of drug-likeness (QED) is 0.719. The van der Waals surface area contributed by atoms with Gasteiger partial charge in [-0.05, 0) is 13.8 Å². The molecule has 0 amide bonds. The van der Waals surface area contributed by atoms with Gasteiger partial charge in [0.15, 0.2) is 0 Å². The predicted molar refractivity (Wildman–Crippen MR) is 47.5 cm³/mol. The van der Waals surface area contributed by atoms with Gasteiger partial charge < -0.3 is 10.8 Å². The van der Waals surface area contributed by atoms with Crippen molar-refractivity contribution in [1.82, 2.24) is 9.78 Å². The van der Waals surface area contributed by atoms with E-state index in [-0.39, 0.29) is 18.2 Å². The molecule has 1 heterocycles. The Kier molecular flexibility index (Phi) is 2.67. The van der Waals surface area contributed by atoms with E-state index in [0.29, 0.717) is 5.69 Å². The monoisotopic (exact) mass is 183 g/mol. The molecule has 0 unspecified atom stereocenters. The van der Waals surface area contributed by atoms with Crippen LogP contribution in [0.15, 0.2) is 6.20 Å². The molecule has 0 radical (unpaired) electrons. The minimum absolute atomic E-state index is 0.131. The third kappa shape index (κ3) is 1.70. The first-order valence-electron chi connectivity index (χ1n) is 4.07. The Labute approximate surface area is 76.2 Å². The van der Waals surface area contributed by atoms with Gasteiger partial charge in [0.2, 0.25) is 0 Å². The predicted octanol–water partition coefficient (Wildman–Crippen LogP) is 0.621. The van der Waals surface area contributed by atoms with Gasteiger partial charge in [-0.25, -0.2) is 4.79 Å². The van der Waals surface area contributed by atoms with E-state index in [1.54, 1.807) is 4.68 Å². The summed E-state index contributed by atoms with van der Waals surface area (Å²) in [6.45, 7) is 4.05. The van der Waals surface area contributed by atoms with Gasteiger partial charge >= 0.3 is 5.97 Å². The number of carboxylic acids is 1. The van der Waals surface area contributed by atoms with Crippen LogP contribution >= 0.6 is 0 Å². The van der Waals surface area contributed by atoms with E-state index in [4.69, 9.17) is 10.8 Å². The van der Waals surface area contributed by atoms with Gasteiger partial charge in [0.1, 0.15) is 5.56 Å². The Morgan fingerprint density at radius 1 is 1.77 bits per heavy atom. The van der Waals surface area contributed by atoms with Crippen molar-refractivity contribution >= 4 is 5.97 Å². The molecule has 0 aliphatic carbocycles. The Hall–Kier alpha value is -1.36. The number of hydrogen-bond donors (Lipinski definition) is 2. The summed E-state index contributed by atoms with van der Waals surface area (Å²) < 4.78 is 1.63. The maximum Gasteiger partial charge on any atom is 0.339 e. The highest BCUT2D eigenvalue weighted by atomic mass is 16.4. The highest BCUT2D eigenvalue weighted by Crippen LogP contribution is 2.13. The zero-order chi connectivity index (χ0) is 10.0. The molecular formula is C8H13N3O2. The van der Waals surface area contributed by atoms with Crippen LogP contribution in [0, 0.1) is 0 Å². The lowest BCUT2D eigenvalue weighted by molar-refractivity contribution is 0.0695. The van der Waals surface area contributed by atoms with Crippen molar-refractivity contribution in [1.29, 1.82) is 0 Å². The van der Waals surface area contributed by atoms with Crippen LogP contribution in [0.1, 0.15) is 35.9 Å². The largest absolute Gasteiger partial charge is 0.478 e. The van der Waals surface area contributed by atoms with Crippen molar-refractivity contribution in [2.24, 2.45) is 5.73 Å². The van der Waals surface area contributed by atoms with Crippen LogP contribution in [-0.2, 0) is 6.54 Å². The van der Waals surface area contributed by atoms with Crippen LogP contribution in [0.3, 0.4) is 0 Å². The van der Waals surface area contributed by atoms with Crippen molar-refractivity contribution in [3.8, 4) is 0 Å².